The lowest BCUT2D eigenvalue weighted by molar-refractivity contribution is -0.130. The molecule has 4 heterocycles. The minimum absolute atomic E-state index is 0. The summed E-state index contributed by atoms with van der Waals surface area (Å²) in [6.45, 7) is 3.56. The number of amides is 1. The summed E-state index contributed by atoms with van der Waals surface area (Å²) in [7, 11) is 0. The molecule has 0 saturated carbocycles. The van der Waals surface area contributed by atoms with Gasteiger partial charge in [-0.05, 0) is 37.6 Å². The maximum Gasteiger partial charge on any atom is 0.228 e. The van der Waals surface area contributed by atoms with Crippen LogP contribution in [-0.4, -0.2) is 41.0 Å². The van der Waals surface area contributed by atoms with E-state index in [0.29, 0.717) is 24.4 Å². The largest absolute Gasteiger partial charge is 0.441 e. The summed E-state index contributed by atoms with van der Waals surface area (Å²) in [5.74, 6) is 1.52. The van der Waals surface area contributed by atoms with Gasteiger partial charge >= 0.3 is 0 Å². The zero-order valence-electron chi connectivity index (χ0n) is 14.1. The second kappa shape index (κ2) is 8.54. The predicted octanol–water partition coefficient (Wildman–Crippen LogP) is 3.45. The van der Waals surface area contributed by atoms with E-state index in [0.717, 1.165) is 36.5 Å². The van der Waals surface area contributed by atoms with E-state index in [2.05, 4.69) is 10.3 Å². The van der Waals surface area contributed by atoms with Gasteiger partial charge in [0, 0.05) is 36.1 Å². The normalized spacial score (nSPS) is 22.0. The molecular weight excluding hydrogens is 381 g/mol. The first-order valence-electron chi connectivity index (χ1n) is 8.22. The molecule has 1 amide bonds. The van der Waals surface area contributed by atoms with Gasteiger partial charge < -0.3 is 14.6 Å². The second-order valence-corrected chi connectivity index (χ2v) is 7.26. The minimum Gasteiger partial charge on any atom is -0.441 e. The number of fused-ring (bicyclic) bond motifs is 2. The van der Waals surface area contributed by atoms with Crippen LogP contribution in [-0.2, 0) is 11.2 Å². The molecule has 1 N–H and O–H groups in total. The summed E-state index contributed by atoms with van der Waals surface area (Å²) in [4.78, 5) is 19.2. The van der Waals surface area contributed by atoms with Gasteiger partial charge in [0.25, 0.3) is 0 Å². The highest BCUT2D eigenvalue weighted by Crippen LogP contribution is 2.25. The molecular formula is C17H23Cl2N3O2S. The van der Waals surface area contributed by atoms with Crippen molar-refractivity contribution in [3.63, 3.8) is 0 Å². The molecule has 138 valence electrons. The summed E-state index contributed by atoms with van der Waals surface area (Å²) < 4.78 is 5.73. The van der Waals surface area contributed by atoms with E-state index in [1.807, 2.05) is 28.7 Å². The molecule has 2 saturated heterocycles. The van der Waals surface area contributed by atoms with Crippen molar-refractivity contribution in [3.05, 3.63) is 28.3 Å². The Morgan fingerprint density at radius 2 is 2.16 bits per heavy atom. The molecule has 8 heteroatoms. The minimum atomic E-state index is 0. The summed E-state index contributed by atoms with van der Waals surface area (Å²) in [5, 5.41) is 7.62. The van der Waals surface area contributed by atoms with E-state index in [1.165, 1.54) is 12.8 Å². The number of carbonyl (C=O) groups excluding carboxylic acids is 1. The Hall–Kier alpha value is -1.08. The third-order valence-corrected chi connectivity index (χ3v) is 5.54. The quantitative estimate of drug-likeness (QED) is 0.852. The Balaban J connectivity index is 0.00000113. The Kier molecular flexibility index (Phi) is 6.91. The van der Waals surface area contributed by atoms with Crippen LogP contribution in [0.25, 0.3) is 11.5 Å². The molecule has 2 unspecified atom stereocenters. The number of thiophene rings is 1. The Morgan fingerprint density at radius 3 is 2.92 bits per heavy atom. The van der Waals surface area contributed by atoms with Gasteiger partial charge in [-0.1, -0.05) is 0 Å². The number of likely N-dealkylation sites (tertiary alicyclic amines) is 1. The highest BCUT2D eigenvalue weighted by Gasteiger charge is 2.31. The summed E-state index contributed by atoms with van der Waals surface area (Å²) in [5.41, 5.74) is 1.74. The van der Waals surface area contributed by atoms with Gasteiger partial charge in [-0.25, -0.2) is 4.98 Å². The zero-order chi connectivity index (χ0) is 15.8. The first-order valence-corrected chi connectivity index (χ1v) is 9.16. The molecule has 25 heavy (non-hydrogen) atoms. The lowest BCUT2D eigenvalue weighted by Crippen LogP contribution is -2.39. The van der Waals surface area contributed by atoms with Crippen LogP contribution < -0.4 is 5.32 Å². The molecule has 0 spiro atoms. The molecule has 2 fully saturated rings. The Bertz CT molecular complexity index is 705. The smallest absolute Gasteiger partial charge is 0.228 e. The SMILES string of the molecule is Cc1oc(-c2ccsc2)nc1CC(=O)N1CCC2CCC(C1)N2.Cl.Cl. The molecule has 0 aromatic carbocycles. The van der Waals surface area contributed by atoms with E-state index < -0.39 is 0 Å². The van der Waals surface area contributed by atoms with Gasteiger partial charge in [0.05, 0.1) is 12.1 Å². The lowest BCUT2D eigenvalue weighted by atomic mass is 10.1. The number of nitrogens with one attached hydrogen (secondary N) is 1. The fourth-order valence-corrected chi connectivity index (χ4v) is 4.16. The first kappa shape index (κ1) is 20.2. The number of aromatic nitrogens is 1. The molecule has 5 nitrogen and oxygen atoms in total. The fourth-order valence-electron chi connectivity index (χ4n) is 3.53. The molecule has 2 aliphatic heterocycles. The van der Waals surface area contributed by atoms with Crippen molar-refractivity contribution in [1.82, 2.24) is 15.2 Å². The maximum absolute atomic E-state index is 12.7. The van der Waals surface area contributed by atoms with Gasteiger partial charge in [-0.15, -0.1) is 24.8 Å². The van der Waals surface area contributed by atoms with Gasteiger partial charge in [-0.3, -0.25) is 4.79 Å². The first-order chi connectivity index (χ1) is 11.2. The maximum atomic E-state index is 12.7. The van der Waals surface area contributed by atoms with Crippen LogP contribution in [0.2, 0.25) is 0 Å². The topological polar surface area (TPSA) is 58.4 Å². The number of oxazole rings is 1. The van der Waals surface area contributed by atoms with Crippen molar-refractivity contribution >= 4 is 42.1 Å². The summed E-state index contributed by atoms with van der Waals surface area (Å²) >= 11 is 1.61. The van der Waals surface area contributed by atoms with E-state index in [4.69, 9.17) is 4.42 Å². The Morgan fingerprint density at radius 1 is 1.36 bits per heavy atom. The molecule has 2 bridgehead atoms. The highest BCUT2D eigenvalue weighted by atomic mass is 35.5. The van der Waals surface area contributed by atoms with Crippen molar-refractivity contribution < 1.29 is 9.21 Å². The molecule has 2 atom stereocenters. The number of hydrogen-bond donors (Lipinski definition) is 1. The van der Waals surface area contributed by atoms with E-state index in [-0.39, 0.29) is 30.7 Å². The van der Waals surface area contributed by atoms with Crippen molar-refractivity contribution in [3.8, 4) is 11.5 Å². The predicted molar refractivity (Wildman–Crippen MR) is 104 cm³/mol. The van der Waals surface area contributed by atoms with Gasteiger partial charge in [-0.2, -0.15) is 11.3 Å². The molecule has 0 radical (unpaired) electrons. The van der Waals surface area contributed by atoms with Crippen molar-refractivity contribution in [2.24, 2.45) is 0 Å². The molecule has 2 aromatic rings. The van der Waals surface area contributed by atoms with Crippen molar-refractivity contribution in [2.75, 3.05) is 13.1 Å². The van der Waals surface area contributed by atoms with Crippen molar-refractivity contribution in [1.29, 1.82) is 0 Å². The molecule has 4 rings (SSSR count). The summed E-state index contributed by atoms with van der Waals surface area (Å²) in [6.07, 6.45) is 3.82. The lowest BCUT2D eigenvalue weighted by Gasteiger charge is -2.24. The number of halogens is 2. The van der Waals surface area contributed by atoms with Crippen LogP contribution in [0.5, 0.6) is 0 Å². The third-order valence-electron chi connectivity index (χ3n) is 4.86. The van der Waals surface area contributed by atoms with Gasteiger partial charge in [0.2, 0.25) is 11.8 Å². The summed E-state index contributed by atoms with van der Waals surface area (Å²) in [6, 6.07) is 3.04. The van der Waals surface area contributed by atoms with Gasteiger partial charge in [0.15, 0.2) is 0 Å². The fraction of sp³-hybridized carbons (Fsp3) is 0.529. The second-order valence-electron chi connectivity index (χ2n) is 6.48. The van der Waals surface area contributed by atoms with Gasteiger partial charge in [0.1, 0.15) is 5.76 Å². The number of carbonyl (C=O) groups is 1. The molecule has 2 aromatic heterocycles. The van der Waals surface area contributed by atoms with Crippen LogP contribution in [0.3, 0.4) is 0 Å². The number of nitrogens with zero attached hydrogens (tertiary/aromatic N) is 2. The zero-order valence-corrected chi connectivity index (χ0v) is 16.5. The standard InChI is InChI=1S/C17H21N3O2S.2ClH/c1-11-15(19-17(22-11)12-5-7-23-10-12)8-16(21)20-6-4-13-2-3-14(9-20)18-13;;/h5,7,10,13-14,18H,2-4,6,8-9H2,1H3;2*1H. The Labute approximate surface area is 164 Å². The number of rotatable bonds is 3. The van der Waals surface area contributed by atoms with Crippen LogP contribution >= 0.6 is 36.2 Å². The monoisotopic (exact) mass is 403 g/mol. The van der Waals surface area contributed by atoms with Crippen LogP contribution in [0, 0.1) is 6.92 Å². The average molecular weight is 404 g/mol. The van der Waals surface area contributed by atoms with Crippen LogP contribution in [0.1, 0.15) is 30.7 Å². The van der Waals surface area contributed by atoms with Crippen LogP contribution in [0.15, 0.2) is 21.2 Å². The van der Waals surface area contributed by atoms with E-state index in [9.17, 15) is 4.79 Å². The van der Waals surface area contributed by atoms with E-state index in [1.54, 1.807) is 11.3 Å². The molecule has 0 aliphatic carbocycles. The van der Waals surface area contributed by atoms with Crippen LogP contribution in [0.4, 0.5) is 0 Å². The van der Waals surface area contributed by atoms with E-state index >= 15 is 0 Å². The molecule has 2 aliphatic rings. The number of hydrogen-bond acceptors (Lipinski definition) is 5. The highest BCUT2D eigenvalue weighted by molar-refractivity contribution is 7.08. The third kappa shape index (κ3) is 4.37. The average Bonchev–Trinajstić information content (AvgIpc) is 3.21. The number of aryl methyl sites for hydroxylation is 1. The van der Waals surface area contributed by atoms with Crippen molar-refractivity contribution in [2.45, 2.75) is 44.7 Å².